The first-order chi connectivity index (χ1) is 10.5. The van der Waals surface area contributed by atoms with E-state index in [0.717, 1.165) is 4.90 Å². The fraction of sp³-hybridized carbons (Fsp3) is 0.333. The largest absolute Gasteiger partial charge is 0.480 e. The molecular formula is C15H20N2O5S. The molecule has 1 aromatic rings. The molecule has 0 atom stereocenters. The van der Waals surface area contributed by atoms with Crippen molar-refractivity contribution in [1.82, 2.24) is 9.62 Å². The van der Waals surface area contributed by atoms with Crippen LogP contribution >= 0.6 is 0 Å². The fourth-order valence-corrected chi connectivity index (χ4v) is 2.68. The third-order valence-electron chi connectivity index (χ3n) is 3.48. The van der Waals surface area contributed by atoms with Crippen LogP contribution in [-0.4, -0.2) is 49.4 Å². The number of hydrogen-bond donors (Lipinski definition) is 2. The summed E-state index contributed by atoms with van der Waals surface area (Å²) in [6, 6.07) is 5.42. The predicted molar refractivity (Wildman–Crippen MR) is 85.6 cm³/mol. The second kappa shape index (κ2) is 6.93. The predicted octanol–water partition coefficient (Wildman–Crippen LogP) is 1.09. The fourth-order valence-electron chi connectivity index (χ4n) is 1.64. The van der Waals surface area contributed by atoms with Crippen LogP contribution in [-0.2, 0) is 14.8 Å². The van der Waals surface area contributed by atoms with Crippen molar-refractivity contribution in [3.63, 3.8) is 0 Å². The van der Waals surface area contributed by atoms with E-state index in [-0.39, 0.29) is 17.0 Å². The summed E-state index contributed by atoms with van der Waals surface area (Å²) in [7, 11) is -2.41. The molecule has 0 spiro atoms. The molecule has 0 heterocycles. The topological polar surface area (TPSA) is 104 Å². The van der Waals surface area contributed by atoms with Crippen LogP contribution in [0.2, 0.25) is 0 Å². The lowest BCUT2D eigenvalue weighted by molar-refractivity contribution is -0.147. The number of benzene rings is 1. The van der Waals surface area contributed by atoms with Crippen molar-refractivity contribution in [3.8, 4) is 0 Å². The van der Waals surface area contributed by atoms with Gasteiger partial charge >= 0.3 is 5.97 Å². The van der Waals surface area contributed by atoms with Crippen LogP contribution in [0, 0.1) is 0 Å². The van der Waals surface area contributed by atoms with E-state index in [0.29, 0.717) is 0 Å². The Hall–Kier alpha value is -2.19. The summed E-state index contributed by atoms with van der Waals surface area (Å²) in [6.45, 7) is 6.27. The van der Waals surface area contributed by atoms with Gasteiger partial charge in [0.2, 0.25) is 10.0 Å². The lowest BCUT2D eigenvalue weighted by Crippen LogP contribution is -2.50. The van der Waals surface area contributed by atoms with Gasteiger partial charge in [0.25, 0.3) is 5.91 Å². The molecule has 0 saturated carbocycles. The van der Waals surface area contributed by atoms with Crippen LogP contribution in [0.5, 0.6) is 0 Å². The monoisotopic (exact) mass is 340 g/mol. The molecule has 0 radical (unpaired) electrons. The first kappa shape index (κ1) is 18.9. The number of carbonyl (C=O) groups is 2. The Labute approximate surface area is 135 Å². The van der Waals surface area contributed by atoms with Crippen molar-refractivity contribution >= 4 is 21.9 Å². The first-order valence-electron chi connectivity index (χ1n) is 6.76. The third kappa shape index (κ3) is 4.17. The zero-order chi connectivity index (χ0) is 17.8. The SMILES string of the molecule is C=CCNS(=O)(=O)c1cccc(C(=O)N(C)C(C)(C)C(=O)O)c1. The van der Waals surface area contributed by atoms with Crippen molar-refractivity contribution in [3.05, 3.63) is 42.5 Å². The van der Waals surface area contributed by atoms with Gasteiger partial charge in [-0.1, -0.05) is 12.1 Å². The number of nitrogens with zero attached hydrogens (tertiary/aromatic N) is 1. The Morgan fingerprint density at radius 1 is 1.39 bits per heavy atom. The van der Waals surface area contributed by atoms with Crippen LogP contribution in [0.15, 0.2) is 41.8 Å². The van der Waals surface area contributed by atoms with Gasteiger partial charge in [-0.15, -0.1) is 6.58 Å². The molecule has 1 amide bonds. The summed E-state index contributed by atoms with van der Waals surface area (Å²) in [5.74, 6) is -1.75. The summed E-state index contributed by atoms with van der Waals surface area (Å²) >= 11 is 0. The highest BCUT2D eigenvalue weighted by Gasteiger charge is 2.35. The number of hydrogen-bond acceptors (Lipinski definition) is 4. The van der Waals surface area contributed by atoms with E-state index in [1.54, 1.807) is 0 Å². The zero-order valence-corrected chi connectivity index (χ0v) is 14.1. The molecule has 7 nitrogen and oxygen atoms in total. The highest BCUT2D eigenvalue weighted by molar-refractivity contribution is 7.89. The molecule has 0 aromatic heterocycles. The number of sulfonamides is 1. The minimum absolute atomic E-state index is 0.0620. The van der Waals surface area contributed by atoms with E-state index in [2.05, 4.69) is 11.3 Å². The molecule has 2 N–H and O–H groups in total. The minimum atomic E-state index is -3.76. The number of nitrogens with one attached hydrogen (secondary N) is 1. The number of rotatable bonds is 7. The van der Waals surface area contributed by atoms with Crippen molar-refractivity contribution in [2.45, 2.75) is 24.3 Å². The van der Waals surface area contributed by atoms with Crippen LogP contribution in [0.3, 0.4) is 0 Å². The number of carboxylic acids is 1. The molecule has 0 saturated heterocycles. The lowest BCUT2D eigenvalue weighted by atomic mass is 10.0. The molecular weight excluding hydrogens is 320 g/mol. The molecule has 1 rings (SSSR count). The molecule has 0 fully saturated rings. The average molecular weight is 340 g/mol. The summed E-state index contributed by atoms with van der Waals surface area (Å²) in [6.07, 6.45) is 1.40. The van der Waals surface area contributed by atoms with Crippen LogP contribution in [0.1, 0.15) is 24.2 Å². The maximum atomic E-state index is 12.4. The average Bonchev–Trinajstić information content (AvgIpc) is 2.51. The third-order valence-corrected chi connectivity index (χ3v) is 4.90. The summed E-state index contributed by atoms with van der Waals surface area (Å²) in [4.78, 5) is 24.6. The van der Waals surface area contributed by atoms with Gasteiger partial charge in [0, 0.05) is 19.2 Å². The normalized spacial score (nSPS) is 11.8. The van der Waals surface area contributed by atoms with Crippen molar-refractivity contribution in [2.24, 2.45) is 0 Å². The van der Waals surface area contributed by atoms with Crippen LogP contribution in [0.25, 0.3) is 0 Å². The summed E-state index contributed by atoms with van der Waals surface area (Å²) < 4.78 is 26.4. The van der Waals surface area contributed by atoms with Gasteiger partial charge in [0.15, 0.2) is 0 Å². The van der Waals surface area contributed by atoms with Gasteiger partial charge in [-0.2, -0.15) is 0 Å². The Balaban J connectivity index is 3.17. The van der Waals surface area contributed by atoms with E-state index >= 15 is 0 Å². The van der Waals surface area contributed by atoms with Gasteiger partial charge in [0.1, 0.15) is 5.54 Å². The van der Waals surface area contributed by atoms with Crippen molar-refractivity contribution in [1.29, 1.82) is 0 Å². The van der Waals surface area contributed by atoms with E-state index in [1.165, 1.54) is 51.2 Å². The Morgan fingerprint density at radius 2 is 2.00 bits per heavy atom. The Kier molecular flexibility index (Phi) is 5.68. The second-order valence-electron chi connectivity index (χ2n) is 5.40. The molecule has 0 aliphatic rings. The number of carboxylic acid groups (broad SMARTS) is 1. The van der Waals surface area contributed by atoms with Crippen molar-refractivity contribution in [2.75, 3.05) is 13.6 Å². The van der Waals surface area contributed by atoms with E-state index in [1.807, 2.05) is 0 Å². The smallest absolute Gasteiger partial charge is 0.329 e. The standard InChI is InChI=1S/C15H20N2O5S/c1-5-9-16-23(21,22)12-8-6-7-11(10-12)13(18)17(4)15(2,3)14(19)20/h5-8,10,16H,1,9H2,2-4H3,(H,19,20). The minimum Gasteiger partial charge on any atom is -0.480 e. The maximum Gasteiger partial charge on any atom is 0.329 e. The molecule has 0 aliphatic heterocycles. The second-order valence-corrected chi connectivity index (χ2v) is 7.16. The van der Waals surface area contributed by atoms with E-state index in [9.17, 15) is 23.1 Å². The van der Waals surface area contributed by atoms with Gasteiger partial charge in [-0.05, 0) is 32.0 Å². The highest BCUT2D eigenvalue weighted by Crippen LogP contribution is 2.18. The lowest BCUT2D eigenvalue weighted by Gasteiger charge is -2.31. The summed E-state index contributed by atoms with van der Waals surface area (Å²) in [5.41, 5.74) is -1.34. The Bertz CT molecular complexity index is 725. The zero-order valence-electron chi connectivity index (χ0n) is 13.2. The number of carbonyl (C=O) groups excluding carboxylic acids is 1. The molecule has 1 aromatic carbocycles. The molecule has 8 heteroatoms. The van der Waals surface area contributed by atoms with Gasteiger partial charge < -0.3 is 10.0 Å². The van der Waals surface area contributed by atoms with Crippen molar-refractivity contribution < 1.29 is 23.1 Å². The molecule has 0 unspecified atom stereocenters. The van der Waals surface area contributed by atoms with Crippen LogP contribution < -0.4 is 4.72 Å². The Morgan fingerprint density at radius 3 is 2.52 bits per heavy atom. The van der Waals surface area contributed by atoms with E-state index in [4.69, 9.17) is 0 Å². The van der Waals surface area contributed by atoms with Crippen LogP contribution in [0.4, 0.5) is 0 Å². The van der Waals surface area contributed by atoms with E-state index < -0.39 is 27.4 Å². The number of likely N-dealkylation sites (N-methyl/N-ethyl adjacent to an activating group) is 1. The van der Waals surface area contributed by atoms with Gasteiger partial charge in [-0.3, -0.25) is 4.79 Å². The highest BCUT2D eigenvalue weighted by atomic mass is 32.2. The molecule has 0 aliphatic carbocycles. The molecule has 0 bridgehead atoms. The van der Waals surface area contributed by atoms with Gasteiger partial charge in [0.05, 0.1) is 4.90 Å². The first-order valence-corrected chi connectivity index (χ1v) is 8.24. The summed E-state index contributed by atoms with van der Waals surface area (Å²) in [5, 5.41) is 9.18. The van der Waals surface area contributed by atoms with Gasteiger partial charge in [-0.25, -0.2) is 17.9 Å². The molecule has 23 heavy (non-hydrogen) atoms. The maximum absolute atomic E-state index is 12.4. The number of amides is 1. The number of aliphatic carboxylic acids is 1. The quantitative estimate of drug-likeness (QED) is 0.723. The molecule has 126 valence electrons.